The van der Waals surface area contributed by atoms with Crippen LogP contribution >= 0.6 is 27.7 Å². The van der Waals surface area contributed by atoms with Gasteiger partial charge in [0.2, 0.25) is 0 Å². The Labute approximate surface area is 149 Å². The molecule has 0 spiro atoms. The first kappa shape index (κ1) is 22.0. The third-order valence-corrected chi connectivity index (χ3v) is 5.45. The van der Waals surface area contributed by atoms with Gasteiger partial charge in [0.15, 0.2) is 0 Å². The Kier molecular flexibility index (Phi) is 17.4. The van der Waals surface area contributed by atoms with E-state index in [0.29, 0.717) is 4.83 Å². The maximum absolute atomic E-state index is 10.4. The van der Waals surface area contributed by atoms with Gasteiger partial charge in [0.05, 0.1) is 6.42 Å². The fourth-order valence-corrected chi connectivity index (χ4v) is 3.62. The van der Waals surface area contributed by atoms with Crippen LogP contribution in [0.1, 0.15) is 77.6 Å². The minimum Gasteiger partial charge on any atom is -0.481 e. The molecule has 0 aromatic rings. The number of halogens is 1. The average molecular weight is 393 g/mol. The van der Waals surface area contributed by atoms with E-state index in [2.05, 4.69) is 35.0 Å². The minimum absolute atomic E-state index is 0.281. The highest BCUT2D eigenvalue weighted by atomic mass is 79.9. The number of carboxylic acids is 1. The second kappa shape index (κ2) is 17.4. The number of hydrogen-bond donors (Lipinski definition) is 1. The number of allylic oxidation sites excluding steroid dienone is 2. The summed E-state index contributed by atoms with van der Waals surface area (Å²) in [5.74, 6) is 1.11. The van der Waals surface area contributed by atoms with Crippen molar-refractivity contribution >= 4 is 33.7 Å². The summed E-state index contributed by atoms with van der Waals surface area (Å²) in [6.07, 6.45) is 17.8. The summed E-state index contributed by atoms with van der Waals surface area (Å²) in [4.78, 5) is 10.9. The highest BCUT2D eigenvalue weighted by Crippen LogP contribution is 2.16. The number of carbonyl (C=O) groups is 1. The molecule has 130 valence electrons. The third-order valence-electron chi connectivity index (χ3n) is 3.55. The van der Waals surface area contributed by atoms with E-state index in [1.807, 2.05) is 0 Å². The summed E-state index contributed by atoms with van der Waals surface area (Å²) >= 11 is 5.47. The van der Waals surface area contributed by atoms with E-state index in [4.69, 9.17) is 5.11 Å². The molecule has 0 aliphatic rings. The topological polar surface area (TPSA) is 37.3 Å². The summed E-state index contributed by atoms with van der Waals surface area (Å²) in [6, 6.07) is 0. The van der Waals surface area contributed by atoms with Crippen LogP contribution < -0.4 is 0 Å². The largest absolute Gasteiger partial charge is 0.481 e. The van der Waals surface area contributed by atoms with Crippen LogP contribution in [0.25, 0.3) is 0 Å². The molecule has 2 nitrogen and oxygen atoms in total. The molecule has 0 aliphatic heterocycles. The van der Waals surface area contributed by atoms with Gasteiger partial charge in [-0.3, -0.25) is 4.79 Å². The quantitative estimate of drug-likeness (QED) is 0.186. The lowest BCUT2D eigenvalue weighted by Crippen LogP contribution is -1.99. The molecule has 1 N–H and O–H groups in total. The van der Waals surface area contributed by atoms with Crippen LogP contribution in [0.2, 0.25) is 0 Å². The Balaban J connectivity index is 3.28. The molecular weight excluding hydrogens is 360 g/mol. The number of thioether (sulfide) groups is 1. The molecule has 0 aromatic carbocycles. The first-order valence-corrected chi connectivity index (χ1v) is 10.8. The van der Waals surface area contributed by atoms with Crippen LogP contribution in [-0.4, -0.2) is 27.4 Å². The number of rotatable bonds is 16. The van der Waals surface area contributed by atoms with Crippen molar-refractivity contribution in [2.45, 2.75) is 82.4 Å². The molecule has 1 unspecified atom stereocenters. The van der Waals surface area contributed by atoms with Crippen LogP contribution in [0.3, 0.4) is 0 Å². The molecule has 0 heterocycles. The second-order valence-electron chi connectivity index (χ2n) is 5.76. The summed E-state index contributed by atoms with van der Waals surface area (Å²) < 4.78 is 0. The molecule has 0 aromatic heterocycles. The summed E-state index contributed by atoms with van der Waals surface area (Å²) in [5.41, 5.74) is 0. The zero-order valence-corrected chi connectivity index (χ0v) is 16.5. The zero-order valence-electron chi connectivity index (χ0n) is 14.1. The van der Waals surface area contributed by atoms with Crippen molar-refractivity contribution in [3.05, 3.63) is 12.2 Å². The number of unbranched alkanes of at least 4 members (excludes halogenated alkanes) is 6. The molecule has 0 saturated heterocycles. The molecular formula is C18H33BrO2S. The van der Waals surface area contributed by atoms with Crippen molar-refractivity contribution < 1.29 is 9.90 Å². The first-order chi connectivity index (χ1) is 10.7. The smallest absolute Gasteiger partial charge is 0.304 e. The van der Waals surface area contributed by atoms with Gasteiger partial charge in [-0.2, -0.15) is 11.8 Å². The van der Waals surface area contributed by atoms with Gasteiger partial charge in [0, 0.05) is 10.6 Å². The average Bonchev–Trinajstić information content (AvgIpc) is 2.48. The molecule has 0 aliphatic carbocycles. The van der Waals surface area contributed by atoms with Gasteiger partial charge in [-0.25, -0.2) is 0 Å². The monoisotopic (exact) mass is 392 g/mol. The highest BCUT2D eigenvalue weighted by molar-refractivity contribution is 9.09. The van der Waals surface area contributed by atoms with Gasteiger partial charge in [-0.05, 0) is 37.9 Å². The Morgan fingerprint density at radius 3 is 2.55 bits per heavy atom. The number of carboxylic acid groups (broad SMARTS) is 1. The van der Waals surface area contributed by atoms with E-state index in [1.54, 1.807) is 11.8 Å². The second-order valence-corrected chi connectivity index (χ2v) is 8.28. The van der Waals surface area contributed by atoms with E-state index in [0.717, 1.165) is 24.3 Å². The SMILES string of the molecule is CCCCCCCC/C=C\CC(Br)CCCSCCC(=O)O. The van der Waals surface area contributed by atoms with Gasteiger partial charge in [-0.1, -0.05) is 67.1 Å². The van der Waals surface area contributed by atoms with E-state index in [-0.39, 0.29) is 6.42 Å². The van der Waals surface area contributed by atoms with Gasteiger partial charge in [-0.15, -0.1) is 0 Å². The predicted octanol–water partition coefficient (Wildman–Crippen LogP) is 6.43. The summed E-state index contributed by atoms with van der Waals surface area (Å²) in [5, 5.41) is 8.54. The van der Waals surface area contributed by atoms with Crippen molar-refractivity contribution in [2.75, 3.05) is 11.5 Å². The van der Waals surface area contributed by atoms with Crippen LogP contribution in [0.5, 0.6) is 0 Å². The Morgan fingerprint density at radius 2 is 1.82 bits per heavy atom. The number of hydrogen-bond acceptors (Lipinski definition) is 2. The lowest BCUT2D eigenvalue weighted by Gasteiger charge is -2.06. The van der Waals surface area contributed by atoms with Crippen molar-refractivity contribution in [1.82, 2.24) is 0 Å². The zero-order chi connectivity index (χ0) is 16.5. The van der Waals surface area contributed by atoms with Gasteiger partial charge < -0.3 is 5.11 Å². The molecule has 0 radical (unpaired) electrons. The fraction of sp³-hybridized carbons (Fsp3) is 0.833. The van der Waals surface area contributed by atoms with Gasteiger partial charge in [0.25, 0.3) is 0 Å². The normalized spacial score (nSPS) is 12.8. The van der Waals surface area contributed by atoms with Crippen molar-refractivity contribution in [3.8, 4) is 0 Å². The summed E-state index contributed by atoms with van der Waals surface area (Å²) in [6.45, 7) is 2.26. The lowest BCUT2D eigenvalue weighted by molar-refractivity contribution is -0.136. The Hall–Kier alpha value is 0.0400. The van der Waals surface area contributed by atoms with Crippen molar-refractivity contribution in [1.29, 1.82) is 0 Å². The van der Waals surface area contributed by atoms with Crippen LogP contribution in [-0.2, 0) is 4.79 Å². The maximum atomic E-state index is 10.4. The molecule has 4 heteroatoms. The highest BCUT2D eigenvalue weighted by Gasteiger charge is 2.02. The third kappa shape index (κ3) is 18.1. The Bertz CT molecular complexity index is 282. The Morgan fingerprint density at radius 1 is 1.09 bits per heavy atom. The minimum atomic E-state index is -0.693. The molecule has 0 bridgehead atoms. The standard InChI is InChI=1S/C18H33BrO2S/c1-2-3-4-5-6-7-8-9-10-12-17(19)13-11-15-22-16-14-18(20)21/h9-10,17H,2-8,11-16H2,1H3,(H,20,21)/b10-9-. The van der Waals surface area contributed by atoms with Crippen molar-refractivity contribution in [3.63, 3.8) is 0 Å². The van der Waals surface area contributed by atoms with E-state index in [1.165, 1.54) is 51.4 Å². The molecule has 0 amide bonds. The van der Waals surface area contributed by atoms with Gasteiger partial charge in [0.1, 0.15) is 0 Å². The lowest BCUT2D eigenvalue weighted by atomic mass is 10.1. The van der Waals surface area contributed by atoms with E-state index in [9.17, 15) is 4.79 Å². The molecule has 0 fully saturated rings. The fourth-order valence-electron chi connectivity index (χ4n) is 2.19. The van der Waals surface area contributed by atoms with Crippen LogP contribution in [0.4, 0.5) is 0 Å². The van der Waals surface area contributed by atoms with E-state index < -0.39 is 5.97 Å². The predicted molar refractivity (Wildman–Crippen MR) is 103 cm³/mol. The first-order valence-electron chi connectivity index (χ1n) is 8.75. The van der Waals surface area contributed by atoms with Crippen LogP contribution in [0.15, 0.2) is 12.2 Å². The maximum Gasteiger partial charge on any atom is 0.304 e. The van der Waals surface area contributed by atoms with Crippen molar-refractivity contribution in [2.24, 2.45) is 0 Å². The summed E-state index contributed by atoms with van der Waals surface area (Å²) in [7, 11) is 0. The molecule has 22 heavy (non-hydrogen) atoms. The molecule has 0 rings (SSSR count). The molecule has 1 atom stereocenters. The van der Waals surface area contributed by atoms with Gasteiger partial charge >= 0.3 is 5.97 Å². The number of aliphatic carboxylic acids is 1. The molecule has 0 saturated carbocycles. The van der Waals surface area contributed by atoms with E-state index >= 15 is 0 Å². The number of alkyl halides is 1. The van der Waals surface area contributed by atoms with Crippen LogP contribution in [0, 0.1) is 0 Å².